The molecule has 0 aromatic heterocycles. The fraction of sp³-hybridized carbons (Fsp3) is 0.400. The summed E-state index contributed by atoms with van der Waals surface area (Å²) >= 11 is 5.28. The van der Waals surface area contributed by atoms with E-state index in [1.54, 1.807) is 35.3 Å². The number of thioether (sulfide) groups is 2. The van der Waals surface area contributed by atoms with Crippen LogP contribution in [0.4, 0.5) is 0 Å². The van der Waals surface area contributed by atoms with E-state index in [9.17, 15) is 0 Å². The molecule has 2 nitrogen and oxygen atoms in total. The van der Waals surface area contributed by atoms with Crippen LogP contribution in [-0.2, 0) is 9.47 Å². The van der Waals surface area contributed by atoms with Crippen LogP contribution >= 0.6 is 35.3 Å². The summed E-state index contributed by atoms with van der Waals surface area (Å²) < 4.78 is 11.1. The largest absolute Gasteiger partial charge is 0.368 e. The summed E-state index contributed by atoms with van der Waals surface area (Å²) in [5.41, 5.74) is 0.375. The third-order valence-corrected chi connectivity index (χ3v) is 6.33. The van der Waals surface area contributed by atoms with E-state index in [2.05, 4.69) is 62.4 Å². The molecule has 0 fully saturated rings. The minimum absolute atomic E-state index is 0.188. The zero-order valence-corrected chi connectivity index (χ0v) is 17.7. The summed E-state index contributed by atoms with van der Waals surface area (Å²) in [6, 6.07) is 17.3. The smallest absolute Gasteiger partial charge is 0.104 e. The maximum atomic E-state index is 5.57. The first-order chi connectivity index (χ1) is 12.1. The molecule has 2 aromatic rings. The van der Waals surface area contributed by atoms with Crippen LogP contribution in [0.3, 0.4) is 0 Å². The first kappa shape index (κ1) is 20.7. The fourth-order valence-corrected chi connectivity index (χ4v) is 4.81. The van der Waals surface area contributed by atoms with Gasteiger partial charge in [0.2, 0.25) is 0 Å². The SMILES string of the molecule is CCOC(C)Sc1ccc(Sc2ccc(SC(C)OCC)cc2)cc1. The van der Waals surface area contributed by atoms with Crippen LogP contribution in [0.5, 0.6) is 0 Å². The molecular weight excluding hydrogens is 368 g/mol. The lowest BCUT2D eigenvalue weighted by Crippen LogP contribution is -2.01. The summed E-state index contributed by atoms with van der Waals surface area (Å²) in [4.78, 5) is 4.97. The van der Waals surface area contributed by atoms with Crippen LogP contribution in [-0.4, -0.2) is 24.1 Å². The van der Waals surface area contributed by atoms with Crippen molar-refractivity contribution in [2.75, 3.05) is 13.2 Å². The lowest BCUT2D eigenvalue weighted by Gasteiger charge is -2.12. The van der Waals surface area contributed by atoms with Gasteiger partial charge in [0, 0.05) is 32.8 Å². The van der Waals surface area contributed by atoms with E-state index in [1.165, 1.54) is 19.6 Å². The van der Waals surface area contributed by atoms with Crippen molar-refractivity contribution in [3.63, 3.8) is 0 Å². The van der Waals surface area contributed by atoms with E-state index >= 15 is 0 Å². The van der Waals surface area contributed by atoms with Gasteiger partial charge in [-0.05, 0) is 76.2 Å². The van der Waals surface area contributed by atoms with Gasteiger partial charge >= 0.3 is 0 Å². The summed E-state index contributed by atoms with van der Waals surface area (Å²) in [5, 5.41) is 0. The maximum absolute atomic E-state index is 5.57. The lowest BCUT2D eigenvalue weighted by atomic mass is 10.4. The van der Waals surface area contributed by atoms with Gasteiger partial charge in [0.05, 0.1) is 0 Å². The van der Waals surface area contributed by atoms with Crippen LogP contribution in [0.2, 0.25) is 0 Å². The zero-order chi connectivity index (χ0) is 18.1. The highest BCUT2D eigenvalue weighted by atomic mass is 32.2. The second-order valence-electron chi connectivity index (χ2n) is 5.33. The van der Waals surface area contributed by atoms with Gasteiger partial charge in [0.1, 0.15) is 10.9 Å². The molecule has 0 radical (unpaired) electrons. The van der Waals surface area contributed by atoms with Crippen LogP contribution in [0.1, 0.15) is 27.7 Å². The van der Waals surface area contributed by atoms with Gasteiger partial charge in [0.15, 0.2) is 0 Å². The van der Waals surface area contributed by atoms with Crippen LogP contribution in [0, 0.1) is 0 Å². The highest BCUT2D eigenvalue weighted by Gasteiger charge is 2.06. The second kappa shape index (κ2) is 11.2. The molecule has 2 aromatic carbocycles. The van der Waals surface area contributed by atoms with Crippen molar-refractivity contribution in [2.24, 2.45) is 0 Å². The monoisotopic (exact) mass is 394 g/mol. The van der Waals surface area contributed by atoms with E-state index in [1.807, 2.05) is 13.8 Å². The van der Waals surface area contributed by atoms with Gasteiger partial charge < -0.3 is 9.47 Å². The molecule has 0 aliphatic heterocycles. The molecule has 0 heterocycles. The van der Waals surface area contributed by atoms with Gasteiger partial charge in [-0.1, -0.05) is 35.3 Å². The number of rotatable bonds is 10. The van der Waals surface area contributed by atoms with Gasteiger partial charge in [-0.25, -0.2) is 0 Å². The molecule has 2 atom stereocenters. The third kappa shape index (κ3) is 7.67. The molecule has 136 valence electrons. The lowest BCUT2D eigenvalue weighted by molar-refractivity contribution is 0.137. The van der Waals surface area contributed by atoms with Crippen LogP contribution < -0.4 is 0 Å². The van der Waals surface area contributed by atoms with Crippen LogP contribution in [0.15, 0.2) is 68.1 Å². The Labute approximate surface area is 164 Å². The van der Waals surface area contributed by atoms with E-state index < -0.39 is 0 Å². The Hall–Kier alpha value is -0.590. The molecular formula is C20H26O2S3. The summed E-state index contributed by atoms with van der Waals surface area (Å²) in [6.07, 6.45) is 0. The molecule has 0 aliphatic carbocycles. The molecule has 5 heteroatoms. The molecule has 0 saturated carbocycles. The Morgan fingerprint density at radius 3 is 1.28 bits per heavy atom. The Morgan fingerprint density at radius 1 is 0.640 bits per heavy atom. The third-order valence-electron chi connectivity index (χ3n) is 3.29. The van der Waals surface area contributed by atoms with Crippen molar-refractivity contribution in [1.29, 1.82) is 0 Å². The van der Waals surface area contributed by atoms with Crippen LogP contribution in [0.25, 0.3) is 0 Å². The summed E-state index contributed by atoms with van der Waals surface area (Å²) in [6.45, 7) is 9.72. The van der Waals surface area contributed by atoms with Crippen molar-refractivity contribution in [3.05, 3.63) is 48.5 Å². The van der Waals surface area contributed by atoms with Gasteiger partial charge in [-0.15, -0.1) is 0 Å². The molecule has 2 unspecified atom stereocenters. The minimum atomic E-state index is 0.188. The number of ether oxygens (including phenoxy) is 2. The second-order valence-corrected chi connectivity index (χ2v) is 9.22. The zero-order valence-electron chi connectivity index (χ0n) is 15.2. The fourth-order valence-electron chi connectivity index (χ4n) is 2.23. The Balaban J connectivity index is 1.89. The van der Waals surface area contributed by atoms with Gasteiger partial charge in [-0.2, -0.15) is 0 Å². The van der Waals surface area contributed by atoms with Crippen molar-refractivity contribution in [2.45, 2.75) is 58.1 Å². The molecule has 0 aliphatic rings. The number of hydrogen-bond donors (Lipinski definition) is 0. The average Bonchev–Trinajstić information content (AvgIpc) is 2.59. The number of benzene rings is 2. The first-order valence-corrected chi connectivity index (χ1v) is 11.1. The number of hydrogen-bond acceptors (Lipinski definition) is 5. The van der Waals surface area contributed by atoms with Crippen molar-refractivity contribution >= 4 is 35.3 Å². The first-order valence-electron chi connectivity index (χ1n) is 8.55. The molecule has 0 amide bonds. The van der Waals surface area contributed by atoms with Crippen molar-refractivity contribution in [1.82, 2.24) is 0 Å². The minimum Gasteiger partial charge on any atom is -0.368 e. The molecule has 0 spiro atoms. The van der Waals surface area contributed by atoms with E-state index in [0.29, 0.717) is 0 Å². The normalized spacial score (nSPS) is 13.6. The molecule has 0 saturated heterocycles. The van der Waals surface area contributed by atoms with Crippen molar-refractivity contribution in [3.8, 4) is 0 Å². The molecule has 25 heavy (non-hydrogen) atoms. The topological polar surface area (TPSA) is 18.5 Å². The van der Waals surface area contributed by atoms with E-state index in [4.69, 9.17) is 9.47 Å². The highest BCUT2D eigenvalue weighted by Crippen LogP contribution is 2.32. The quantitative estimate of drug-likeness (QED) is 0.325. The summed E-state index contributed by atoms with van der Waals surface area (Å²) in [7, 11) is 0. The highest BCUT2D eigenvalue weighted by molar-refractivity contribution is 8.00. The van der Waals surface area contributed by atoms with E-state index in [-0.39, 0.29) is 10.9 Å². The summed E-state index contributed by atoms with van der Waals surface area (Å²) in [5.74, 6) is 0. The Bertz CT molecular complexity index is 558. The predicted octanol–water partition coefficient (Wildman–Crippen LogP) is 6.79. The van der Waals surface area contributed by atoms with Gasteiger partial charge in [0.25, 0.3) is 0 Å². The van der Waals surface area contributed by atoms with Gasteiger partial charge in [-0.3, -0.25) is 0 Å². The van der Waals surface area contributed by atoms with E-state index in [0.717, 1.165) is 13.2 Å². The molecule has 2 rings (SSSR count). The molecule has 0 N–H and O–H groups in total. The Morgan fingerprint density at radius 2 is 0.960 bits per heavy atom. The average molecular weight is 395 g/mol. The standard InChI is InChI=1S/C20H26O2S3/c1-5-21-15(3)23-17-7-11-19(12-8-17)25-20-13-9-18(10-14-20)24-16(4)22-6-2/h7-16H,5-6H2,1-4H3. The maximum Gasteiger partial charge on any atom is 0.104 e. The predicted molar refractivity (Wildman–Crippen MR) is 111 cm³/mol. The molecule has 0 bridgehead atoms. The van der Waals surface area contributed by atoms with Crippen molar-refractivity contribution < 1.29 is 9.47 Å². The Kier molecular flexibility index (Phi) is 9.28.